The second-order valence-corrected chi connectivity index (χ2v) is 7.52. The summed E-state index contributed by atoms with van der Waals surface area (Å²) < 4.78 is 50.0. The minimum atomic E-state index is -4.91. The zero-order valence-corrected chi connectivity index (χ0v) is 16.0. The molecule has 1 heterocycles. The van der Waals surface area contributed by atoms with Crippen LogP contribution in [0.1, 0.15) is 10.4 Å². The molecule has 29 heavy (non-hydrogen) atoms. The highest BCUT2D eigenvalue weighted by molar-refractivity contribution is 7.15. The maximum Gasteiger partial charge on any atom is 0.471 e. The summed E-state index contributed by atoms with van der Waals surface area (Å²) in [5.41, 5.74) is 1.87. The first-order valence-electron chi connectivity index (χ1n) is 8.84. The van der Waals surface area contributed by atoms with Gasteiger partial charge in [0, 0.05) is 22.0 Å². The van der Waals surface area contributed by atoms with Gasteiger partial charge in [0.25, 0.3) is 0 Å². The number of hydrogen-bond donors (Lipinski definition) is 2. The molecule has 3 nitrogen and oxygen atoms in total. The van der Waals surface area contributed by atoms with Crippen molar-refractivity contribution >= 4 is 22.9 Å². The molecule has 1 amide bonds. The Labute approximate surface area is 169 Å². The van der Waals surface area contributed by atoms with Crippen molar-refractivity contribution in [3.8, 4) is 10.4 Å². The fourth-order valence-corrected chi connectivity index (χ4v) is 3.67. The predicted molar refractivity (Wildman–Crippen MR) is 106 cm³/mol. The second-order valence-electron chi connectivity index (χ2n) is 6.35. The Balaban J connectivity index is 1.51. The van der Waals surface area contributed by atoms with Crippen LogP contribution in [0.3, 0.4) is 0 Å². The van der Waals surface area contributed by atoms with E-state index in [1.165, 1.54) is 24.3 Å². The van der Waals surface area contributed by atoms with Crippen LogP contribution in [-0.4, -0.2) is 18.6 Å². The molecule has 0 saturated heterocycles. The standard InChI is InChI=1S/C21H18F4N2OS/c22-16-3-1-2-14(12-16)10-11-26-13-18-8-9-19(29-18)15-4-6-17(7-5-15)27-20(28)21(23,24)25/h1-9,12,26H,10-11,13H2,(H,27,28). The van der Waals surface area contributed by atoms with E-state index in [0.29, 0.717) is 13.1 Å². The number of halogens is 4. The van der Waals surface area contributed by atoms with Crippen molar-refractivity contribution in [2.45, 2.75) is 19.1 Å². The molecule has 1 aromatic heterocycles. The molecule has 0 radical (unpaired) electrons. The van der Waals surface area contributed by atoms with E-state index in [1.54, 1.807) is 29.5 Å². The summed E-state index contributed by atoms with van der Waals surface area (Å²) in [6.07, 6.45) is -4.19. The number of amides is 1. The van der Waals surface area contributed by atoms with Crippen LogP contribution in [0.2, 0.25) is 0 Å². The van der Waals surface area contributed by atoms with Crippen LogP contribution < -0.4 is 10.6 Å². The zero-order chi connectivity index (χ0) is 20.9. The van der Waals surface area contributed by atoms with Gasteiger partial charge in [-0.2, -0.15) is 13.2 Å². The van der Waals surface area contributed by atoms with Gasteiger partial charge in [-0.3, -0.25) is 4.79 Å². The van der Waals surface area contributed by atoms with Gasteiger partial charge in [-0.1, -0.05) is 24.3 Å². The molecule has 0 aliphatic carbocycles. The Bertz CT molecular complexity index is 967. The molecular weight excluding hydrogens is 404 g/mol. The molecule has 0 aliphatic heterocycles. The number of benzene rings is 2. The molecule has 2 N–H and O–H groups in total. The van der Waals surface area contributed by atoms with E-state index in [2.05, 4.69) is 5.32 Å². The van der Waals surface area contributed by atoms with E-state index in [9.17, 15) is 22.4 Å². The molecule has 0 unspecified atom stereocenters. The van der Waals surface area contributed by atoms with Gasteiger partial charge in [0.15, 0.2) is 0 Å². The molecule has 3 aromatic rings. The predicted octanol–water partition coefficient (Wildman–Crippen LogP) is 5.39. The smallest absolute Gasteiger partial charge is 0.318 e. The minimum Gasteiger partial charge on any atom is -0.318 e. The lowest BCUT2D eigenvalue weighted by atomic mass is 10.1. The van der Waals surface area contributed by atoms with Gasteiger partial charge < -0.3 is 10.6 Å². The van der Waals surface area contributed by atoms with Gasteiger partial charge >= 0.3 is 12.1 Å². The highest BCUT2D eigenvalue weighted by Crippen LogP contribution is 2.29. The second kappa shape index (κ2) is 9.19. The summed E-state index contributed by atoms with van der Waals surface area (Å²) in [4.78, 5) is 13.0. The first-order valence-corrected chi connectivity index (χ1v) is 9.65. The Morgan fingerprint density at radius 1 is 1.00 bits per heavy atom. The lowest BCUT2D eigenvalue weighted by Gasteiger charge is -2.08. The first kappa shape index (κ1) is 21.0. The van der Waals surface area contributed by atoms with E-state index < -0.39 is 12.1 Å². The van der Waals surface area contributed by atoms with Gasteiger partial charge in [0.2, 0.25) is 0 Å². The number of thiophene rings is 1. The molecule has 3 rings (SSSR count). The number of rotatable bonds is 7. The van der Waals surface area contributed by atoms with E-state index >= 15 is 0 Å². The van der Waals surface area contributed by atoms with Crippen LogP contribution in [0.15, 0.2) is 60.7 Å². The molecule has 0 aliphatic rings. The normalized spacial score (nSPS) is 11.4. The summed E-state index contributed by atoms with van der Waals surface area (Å²) in [6.45, 7) is 1.38. The summed E-state index contributed by atoms with van der Waals surface area (Å²) in [5.74, 6) is -2.23. The summed E-state index contributed by atoms with van der Waals surface area (Å²) in [6, 6.07) is 16.6. The Hall–Kier alpha value is -2.71. The molecule has 0 atom stereocenters. The lowest BCUT2D eigenvalue weighted by molar-refractivity contribution is -0.167. The van der Waals surface area contributed by atoms with Crippen molar-refractivity contribution in [1.29, 1.82) is 0 Å². The molecule has 0 bridgehead atoms. The SMILES string of the molecule is O=C(Nc1ccc(-c2ccc(CNCCc3cccc(F)c3)s2)cc1)C(F)(F)F. The Kier molecular flexibility index (Phi) is 6.66. The van der Waals surface area contributed by atoms with Crippen LogP contribution in [0.25, 0.3) is 10.4 Å². The summed E-state index contributed by atoms with van der Waals surface area (Å²) in [7, 11) is 0. The van der Waals surface area contributed by atoms with Crippen LogP contribution in [0.4, 0.5) is 23.2 Å². The van der Waals surface area contributed by atoms with Gasteiger partial charge in [-0.15, -0.1) is 11.3 Å². The highest BCUT2D eigenvalue weighted by Gasteiger charge is 2.38. The van der Waals surface area contributed by atoms with Gasteiger partial charge in [-0.05, 0) is 60.5 Å². The van der Waals surface area contributed by atoms with Crippen molar-refractivity contribution in [2.75, 3.05) is 11.9 Å². The van der Waals surface area contributed by atoms with E-state index in [1.807, 2.05) is 23.5 Å². The van der Waals surface area contributed by atoms with Crippen LogP contribution in [-0.2, 0) is 17.8 Å². The van der Waals surface area contributed by atoms with E-state index in [0.717, 1.165) is 27.3 Å². The maximum absolute atomic E-state index is 13.2. The number of nitrogens with one attached hydrogen (secondary N) is 2. The van der Waals surface area contributed by atoms with Crippen molar-refractivity contribution in [3.05, 3.63) is 76.9 Å². The van der Waals surface area contributed by atoms with E-state index in [4.69, 9.17) is 0 Å². The fourth-order valence-electron chi connectivity index (χ4n) is 2.68. The fraction of sp³-hybridized carbons (Fsp3) is 0.190. The number of carbonyl (C=O) groups is 1. The van der Waals surface area contributed by atoms with Gasteiger partial charge in [-0.25, -0.2) is 4.39 Å². The van der Waals surface area contributed by atoms with Crippen molar-refractivity contribution in [3.63, 3.8) is 0 Å². The minimum absolute atomic E-state index is 0.0897. The van der Waals surface area contributed by atoms with Gasteiger partial charge in [0.05, 0.1) is 0 Å². The van der Waals surface area contributed by atoms with Gasteiger partial charge in [0.1, 0.15) is 5.82 Å². The molecule has 0 spiro atoms. The zero-order valence-electron chi connectivity index (χ0n) is 15.2. The topological polar surface area (TPSA) is 41.1 Å². The molecule has 0 fully saturated rings. The molecule has 8 heteroatoms. The Morgan fingerprint density at radius 3 is 2.45 bits per heavy atom. The van der Waals surface area contributed by atoms with Crippen LogP contribution >= 0.6 is 11.3 Å². The lowest BCUT2D eigenvalue weighted by Crippen LogP contribution is -2.29. The number of carbonyl (C=O) groups excluding carboxylic acids is 1. The quantitative estimate of drug-likeness (QED) is 0.396. The van der Waals surface area contributed by atoms with Crippen molar-refractivity contribution in [1.82, 2.24) is 5.32 Å². The third-order valence-electron chi connectivity index (χ3n) is 4.13. The first-order chi connectivity index (χ1) is 13.8. The molecule has 2 aromatic carbocycles. The molecular formula is C21H18F4N2OS. The Morgan fingerprint density at radius 2 is 1.76 bits per heavy atom. The van der Waals surface area contributed by atoms with Crippen molar-refractivity contribution in [2.24, 2.45) is 0 Å². The van der Waals surface area contributed by atoms with E-state index in [-0.39, 0.29) is 11.5 Å². The largest absolute Gasteiger partial charge is 0.471 e. The summed E-state index contributed by atoms with van der Waals surface area (Å²) >= 11 is 1.57. The number of alkyl halides is 3. The number of hydrogen-bond acceptors (Lipinski definition) is 3. The van der Waals surface area contributed by atoms with Crippen LogP contribution in [0.5, 0.6) is 0 Å². The van der Waals surface area contributed by atoms with Crippen LogP contribution in [0, 0.1) is 5.82 Å². The molecule has 0 saturated carbocycles. The highest BCUT2D eigenvalue weighted by atomic mass is 32.1. The maximum atomic E-state index is 13.2. The average Bonchev–Trinajstić information content (AvgIpc) is 3.14. The van der Waals surface area contributed by atoms with Crippen molar-refractivity contribution < 1.29 is 22.4 Å². The summed E-state index contributed by atoms with van der Waals surface area (Å²) in [5, 5.41) is 5.14. The monoisotopic (exact) mass is 422 g/mol. The number of anilines is 1. The third-order valence-corrected chi connectivity index (χ3v) is 5.26. The third kappa shape index (κ3) is 6.13. The molecule has 152 valence electrons. The average molecular weight is 422 g/mol.